The van der Waals surface area contributed by atoms with Crippen molar-refractivity contribution in [1.29, 1.82) is 0 Å². The first-order valence-corrected chi connectivity index (χ1v) is 9.54. The van der Waals surface area contributed by atoms with E-state index in [0.717, 1.165) is 29.2 Å². The minimum atomic E-state index is -1.46. The molecule has 1 fully saturated rings. The van der Waals surface area contributed by atoms with Gasteiger partial charge in [0.05, 0.1) is 0 Å². The molecule has 0 saturated heterocycles. The summed E-state index contributed by atoms with van der Waals surface area (Å²) in [4.78, 5) is 0. The molecular weight excluding hydrogens is 196 g/mol. The number of hydrogen-bond donors (Lipinski definition) is 0. The largest absolute Gasteiger partial charge is 0.167 e. The summed E-state index contributed by atoms with van der Waals surface area (Å²) in [6.45, 7) is 14.2. The van der Waals surface area contributed by atoms with Gasteiger partial charge in [0.25, 0.3) is 0 Å². The van der Waals surface area contributed by atoms with Crippen molar-refractivity contribution in [3.05, 3.63) is 0 Å². The predicted octanol–water partition coefficient (Wildman–Crippen LogP) is 4.36. The van der Waals surface area contributed by atoms with E-state index in [1.165, 1.54) is 0 Å². The third-order valence-electron chi connectivity index (χ3n) is 4.41. The fourth-order valence-electron chi connectivity index (χ4n) is 3.34. The maximum absolute atomic E-state index is 6.60. The Morgan fingerprint density at radius 3 is 1.23 bits per heavy atom. The Morgan fingerprint density at radius 2 is 1.08 bits per heavy atom. The molecule has 4 atom stereocenters. The van der Waals surface area contributed by atoms with E-state index in [0.29, 0.717) is 0 Å². The van der Waals surface area contributed by atoms with Crippen molar-refractivity contribution < 1.29 is 0 Å². The van der Waals surface area contributed by atoms with E-state index in [4.69, 9.17) is 11.1 Å². The summed E-state index contributed by atoms with van der Waals surface area (Å²) < 4.78 is 0. The smallest absolute Gasteiger partial charge is 0.154 e. The van der Waals surface area contributed by atoms with Crippen LogP contribution < -0.4 is 0 Å². The Labute approximate surface area is 88.8 Å². The molecule has 0 aromatic heterocycles. The van der Waals surface area contributed by atoms with Crippen molar-refractivity contribution in [3.8, 4) is 0 Å². The Kier molecular flexibility index (Phi) is 3.19. The van der Waals surface area contributed by atoms with Gasteiger partial charge in [0, 0.05) is 0 Å². The molecular formula is C11H23ClSi. The van der Waals surface area contributed by atoms with Crippen LogP contribution in [-0.4, -0.2) is 7.38 Å². The van der Waals surface area contributed by atoms with Crippen LogP contribution in [0.5, 0.6) is 0 Å². The zero-order valence-corrected chi connectivity index (χ0v) is 11.5. The standard InChI is InChI=1S/C11H23ClSi/c1-7-8(2)10(4)11(9(7)3)13(5,6)12/h7-11H,1-6H3. The van der Waals surface area contributed by atoms with Gasteiger partial charge in [0.2, 0.25) is 0 Å². The van der Waals surface area contributed by atoms with Crippen molar-refractivity contribution in [3.63, 3.8) is 0 Å². The van der Waals surface area contributed by atoms with Crippen molar-refractivity contribution >= 4 is 18.5 Å². The summed E-state index contributed by atoms with van der Waals surface area (Å²) in [7, 11) is -1.46. The Balaban J connectivity index is 2.88. The number of hydrogen-bond acceptors (Lipinski definition) is 0. The van der Waals surface area contributed by atoms with Gasteiger partial charge in [-0.1, -0.05) is 40.8 Å². The van der Waals surface area contributed by atoms with E-state index >= 15 is 0 Å². The normalized spacial score (nSPS) is 46.8. The maximum Gasteiger partial charge on any atom is 0.154 e. The monoisotopic (exact) mass is 218 g/mol. The van der Waals surface area contributed by atoms with Crippen LogP contribution >= 0.6 is 11.1 Å². The second kappa shape index (κ2) is 3.58. The molecule has 0 amide bonds. The van der Waals surface area contributed by atoms with Gasteiger partial charge in [-0.25, -0.2) is 0 Å². The molecule has 78 valence electrons. The molecule has 1 rings (SSSR count). The topological polar surface area (TPSA) is 0 Å². The van der Waals surface area contributed by atoms with Crippen LogP contribution in [0.2, 0.25) is 18.6 Å². The van der Waals surface area contributed by atoms with Gasteiger partial charge in [-0.2, -0.15) is 11.1 Å². The van der Waals surface area contributed by atoms with Crippen molar-refractivity contribution in [1.82, 2.24) is 0 Å². The second-order valence-corrected chi connectivity index (χ2v) is 12.2. The summed E-state index contributed by atoms with van der Waals surface area (Å²) >= 11 is 6.60. The lowest BCUT2D eigenvalue weighted by atomic mass is 9.92. The fraction of sp³-hybridized carbons (Fsp3) is 1.00. The Morgan fingerprint density at radius 1 is 0.769 bits per heavy atom. The van der Waals surface area contributed by atoms with E-state index in [2.05, 4.69) is 40.8 Å². The Bertz CT molecular complexity index is 171. The molecule has 0 nitrogen and oxygen atoms in total. The first-order chi connectivity index (χ1) is 5.76. The van der Waals surface area contributed by atoms with Crippen LogP contribution in [0.3, 0.4) is 0 Å². The van der Waals surface area contributed by atoms with E-state index in [1.807, 2.05) is 0 Å². The average Bonchev–Trinajstić information content (AvgIpc) is 2.14. The third kappa shape index (κ3) is 1.97. The van der Waals surface area contributed by atoms with Crippen LogP contribution in [0.15, 0.2) is 0 Å². The highest BCUT2D eigenvalue weighted by Crippen LogP contribution is 2.54. The van der Waals surface area contributed by atoms with Crippen molar-refractivity contribution in [2.45, 2.75) is 46.3 Å². The summed E-state index contributed by atoms with van der Waals surface area (Å²) in [6.07, 6.45) is 0. The second-order valence-electron chi connectivity index (χ2n) is 5.53. The molecule has 4 unspecified atom stereocenters. The van der Waals surface area contributed by atoms with Crippen LogP contribution in [0.25, 0.3) is 0 Å². The van der Waals surface area contributed by atoms with Crippen molar-refractivity contribution in [2.75, 3.05) is 0 Å². The molecule has 0 bridgehead atoms. The van der Waals surface area contributed by atoms with Gasteiger partial charge in [-0.3, -0.25) is 0 Å². The SMILES string of the molecule is CC1C(C)C(C)C([Si](C)(C)Cl)C1C. The maximum atomic E-state index is 6.60. The molecule has 0 heterocycles. The summed E-state index contributed by atoms with van der Waals surface area (Å²) in [5.74, 6) is 3.35. The predicted molar refractivity (Wildman–Crippen MR) is 63.7 cm³/mol. The van der Waals surface area contributed by atoms with Crippen molar-refractivity contribution in [2.24, 2.45) is 23.7 Å². The molecule has 1 saturated carbocycles. The molecule has 2 heteroatoms. The zero-order chi connectivity index (χ0) is 10.4. The van der Waals surface area contributed by atoms with Gasteiger partial charge < -0.3 is 0 Å². The molecule has 13 heavy (non-hydrogen) atoms. The lowest BCUT2D eigenvalue weighted by Crippen LogP contribution is -2.31. The first kappa shape index (κ1) is 11.6. The molecule has 0 aromatic rings. The summed E-state index contributed by atoms with van der Waals surface area (Å²) in [6, 6.07) is 0. The third-order valence-corrected chi connectivity index (χ3v) is 7.81. The van der Waals surface area contributed by atoms with Gasteiger partial charge in [-0.15, -0.1) is 0 Å². The highest BCUT2D eigenvalue weighted by molar-refractivity contribution is 7.19. The minimum absolute atomic E-state index is 0.805. The number of halogens is 1. The van der Waals surface area contributed by atoms with Crippen LogP contribution in [-0.2, 0) is 0 Å². The lowest BCUT2D eigenvalue weighted by Gasteiger charge is -2.30. The molecule has 0 aromatic carbocycles. The molecule has 1 aliphatic rings. The van der Waals surface area contributed by atoms with Crippen LogP contribution in [0, 0.1) is 23.7 Å². The lowest BCUT2D eigenvalue weighted by molar-refractivity contribution is 0.352. The molecule has 1 aliphatic carbocycles. The highest BCUT2D eigenvalue weighted by atomic mass is 35.6. The van der Waals surface area contributed by atoms with E-state index in [-0.39, 0.29) is 0 Å². The molecule has 0 spiro atoms. The zero-order valence-electron chi connectivity index (χ0n) is 9.76. The number of rotatable bonds is 1. The van der Waals surface area contributed by atoms with Gasteiger partial charge in [0.1, 0.15) is 0 Å². The first-order valence-electron chi connectivity index (χ1n) is 5.45. The van der Waals surface area contributed by atoms with Gasteiger partial charge >= 0.3 is 0 Å². The average molecular weight is 219 g/mol. The van der Waals surface area contributed by atoms with Crippen LogP contribution in [0.1, 0.15) is 27.7 Å². The van der Waals surface area contributed by atoms with Gasteiger partial charge in [0.15, 0.2) is 7.38 Å². The molecule has 0 radical (unpaired) electrons. The summed E-state index contributed by atoms with van der Waals surface area (Å²) in [5, 5.41) is 0. The summed E-state index contributed by atoms with van der Waals surface area (Å²) in [5.41, 5.74) is 0.805. The Hall–Kier alpha value is 0.507. The highest BCUT2D eigenvalue weighted by Gasteiger charge is 2.48. The van der Waals surface area contributed by atoms with Gasteiger partial charge in [-0.05, 0) is 29.2 Å². The minimum Gasteiger partial charge on any atom is -0.167 e. The molecule has 0 aliphatic heterocycles. The van der Waals surface area contributed by atoms with Crippen LogP contribution in [0.4, 0.5) is 0 Å². The van der Waals surface area contributed by atoms with E-state index in [9.17, 15) is 0 Å². The fourth-order valence-corrected chi connectivity index (χ4v) is 7.64. The molecule has 0 N–H and O–H groups in total. The van der Waals surface area contributed by atoms with E-state index < -0.39 is 7.38 Å². The van der Waals surface area contributed by atoms with E-state index in [1.54, 1.807) is 0 Å². The quantitative estimate of drug-likeness (QED) is 0.453.